The van der Waals surface area contributed by atoms with E-state index in [9.17, 15) is 4.21 Å². The third kappa shape index (κ3) is 9.72. The summed E-state index contributed by atoms with van der Waals surface area (Å²) < 4.78 is 21.0. The van der Waals surface area contributed by atoms with Crippen LogP contribution in [0.3, 0.4) is 0 Å². The molecule has 0 heterocycles. The van der Waals surface area contributed by atoms with Gasteiger partial charge in [0.25, 0.3) is 0 Å². The molecule has 0 aromatic heterocycles. The first-order valence-electron chi connectivity index (χ1n) is 12.0. The Hall–Kier alpha value is -1.23. The Kier molecular flexibility index (Phi) is 13.9. The monoisotopic (exact) mass is 434 g/mol. The van der Waals surface area contributed by atoms with Gasteiger partial charge in [-0.05, 0) is 48.6 Å². The van der Waals surface area contributed by atoms with Crippen molar-refractivity contribution in [2.24, 2.45) is 0 Å². The second-order valence-corrected chi connectivity index (χ2v) is 9.38. The Morgan fingerprint density at radius 3 is 1.53 bits per heavy atom. The van der Waals surface area contributed by atoms with E-state index in [2.05, 4.69) is 27.7 Å². The predicted molar refractivity (Wildman–Crippen MR) is 132 cm³/mol. The fourth-order valence-electron chi connectivity index (χ4n) is 3.92. The average Bonchev–Trinajstić information content (AvgIpc) is 2.78. The van der Waals surface area contributed by atoms with Gasteiger partial charge in [-0.1, -0.05) is 83.7 Å². The van der Waals surface area contributed by atoms with Gasteiger partial charge >= 0.3 is 0 Å². The minimum atomic E-state index is -1.88. The molecule has 2 rings (SSSR count). The minimum absolute atomic E-state index is 0.443. The second-order valence-electron chi connectivity index (χ2n) is 8.41. The summed E-state index contributed by atoms with van der Waals surface area (Å²) in [4.78, 5) is 0.443. The molecular formula is C26H44NO2S+. The zero-order valence-electron chi connectivity index (χ0n) is 19.7. The van der Waals surface area contributed by atoms with Gasteiger partial charge in [-0.15, -0.1) is 0 Å². The van der Waals surface area contributed by atoms with Gasteiger partial charge in [0.2, 0.25) is 0 Å². The fourth-order valence-corrected chi connectivity index (χ4v) is 4.33. The fraction of sp³-hybridized carbons (Fsp3) is 0.615. The molecule has 4 heteroatoms. The van der Waals surface area contributed by atoms with Crippen LogP contribution in [0.4, 0.5) is 0 Å². The molecule has 0 spiro atoms. The molecule has 0 aliphatic carbocycles. The number of hydrogen-bond acceptors (Lipinski definition) is 1. The first kappa shape index (κ1) is 26.8. The number of hydrogen-bond donors (Lipinski definition) is 1. The summed E-state index contributed by atoms with van der Waals surface area (Å²) >= 11 is -1.88. The predicted octanol–water partition coefficient (Wildman–Crippen LogP) is 7.42. The molecule has 2 aromatic carbocycles. The molecule has 0 bridgehead atoms. The van der Waals surface area contributed by atoms with Crippen LogP contribution in [0.25, 0.3) is 10.8 Å². The zero-order chi connectivity index (χ0) is 22.2. The summed E-state index contributed by atoms with van der Waals surface area (Å²) in [6.07, 6.45) is 11.1. The molecule has 0 amide bonds. The maximum atomic E-state index is 10.8. The SMILES string of the molecule is CCCC[N+](CCCC)(CCCC)CCCC.O=S(O)c1ccc2ccccc2c1. The number of benzene rings is 2. The lowest BCUT2D eigenvalue weighted by atomic mass is 10.1. The first-order chi connectivity index (χ1) is 14.5. The van der Waals surface area contributed by atoms with E-state index < -0.39 is 11.1 Å². The third-order valence-corrected chi connectivity index (χ3v) is 6.52. The van der Waals surface area contributed by atoms with E-state index in [-0.39, 0.29) is 0 Å². The van der Waals surface area contributed by atoms with Crippen LogP contribution in [-0.2, 0) is 11.1 Å². The number of nitrogens with zero attached hydrogens (tertiary/aromatic N) is 1. The van der Waals surface area contributed by atoms with Crippen LogP contribution in [0.1, 0.15) is 79.1 Å². The first-order valence-corrected chi connectivity index (χ1v) is 13.1. The largest absolute Gasteiger partial charge is 0.324 e. The summed E-state index contributed by atoms with van der Waals surface area (Å²) in [6.45, 7) is 15.0. The Balaban J connectivity index is 0.000000308. The highest BCUT2D eigenvalue weighted by atomic mass is 32.2. The van der Waals surface area contributed by atoms with Gasteiger partial charge in [-0.3, -0.25) is 0 Å². The van der Waals surface area contributed by atoms with Crippen LogP contribution in [0.2, 0.25) is 0 Å². The maximum absolute atomic E-state index is 10.8. The summed E-state index contributed by atoms with van der Waals surface area (Å²) in [7, 11) is 0. The highest BCUT2D eigenvalue weighted by Crippen LogP contribution is 2.17. The molecular weight excluding hydrogens is 390 g/mol. The lowest BCUT2D eigenvalue weighted by Gasteiger charge is -2.39. The van der Waals surface area contributed by atoms with Gasteiger partial charge in [-0.25, -0.2) is 4.21 Å². The zero-order valence-corrected chi connectivity index (χ0v) is 20.6. The standard InChI is InChI=1S/C16H36N.C10H8O2S/c1-5-9-13-17(14-10-6-2,15-11-7-3)16-12-8-4;11-13(12)10-6-5-8-3-1-2-4-9(8)7-10/h5-16H2,1-4H3;1-7H,(H,11,12)/q+1;. The summed E-state index contributed by atoms with van der Waals surface area (Å²) in [6, 6.07) is 13.0. The molecule has 0 aliphatic rings. The van der Waals surface area contributed by atoms with Crippen LogP contribution < -0.4 is 0 Å². The highest BCUT2D eigenvalue weighted by molar-refractivity contribution is 7.79. The molecule has 30 heavy (non-hydrogen) atoms. The lowest BCUT2D eigenvalue weighted by molar-refractivity contribution is -0.929. The molecule has 3 nitrogen and oxygen atoms in total. The number of quaternary nitrogens is 1. The van der Waals surface area contributed by atoms with Crippen LogP contribution in [0.5, 0.6) is 0 Å². The molecule has 1 unspecified atom stereocenters. The molecule has 1 atom stereocenters. The molecule has 0 fully saturated rings. The summed E-state index contributed by atoms with van der Waals surface area (Å²) in [5.74, 6) is 0. The van der Waals surface area contributed by atoms with Crippen molar-refractivity contribution < 1.29 is 13.2 Å². The molecule has 0 saturated heterocycles. The van der Waals surface area contributed by atoms with Crippen molar-refractivity contribution in [1.29, 1.82) is 0 Å². The van der Waals surface area contributed by atoms with E-state index in [1.165, 1.54) is 82.0 Å². The molecule has 0 aliphatic heterocycles. The number of unbranched alkanes of at least 4 members (excludes halogenated alkanes) is 4. The topological polar surface area (TPSA) is 37.3 Å². The van der Waals surface area contributed by atoms with Gasteiger partial charge in [-0.2, -0.15) is 0 Å². The van der Waals surface area contributed by atoms with Crippen molar-refractivity contribution in [3.05, 3.63) is 42.5 Å². The molecule has 170 valence electrons. The van der Waals surface area contributed by atoms with E-state index >= 15 is 0 Å². The second kappa shape index (κ2) is 15.6. The van der Waals surface area contributed by atoms with Gasteiger partial charge in [0.15, 0.2) is 11.1 Å². The lowest BCUT2D eigenvalue weighted by Crippen LogP contribution is -2.50. The van der Waals surface area contributed by atoms with Gasteiger partial charge in [0.1, 0.15) is 0 Å². The third-order valence-electron chi connectivity index (χ3n) is 5.87. The van der Waals surface area contributed by atoms with Crippen molar-refractivity contribution in [3.63, 3.8) is 0 Å². The summed E-state index contributed by atoms with van der Waals surface area (Å²) in [5, 5.41) is 2.07. The number of fused-ring (bicyclic) bond motifs is 1. The van der Waals surface area contributed by atoms with E-state index in [0.717, 1.165) is 10.8 Å². The van der Waals surface area contributed by atoms with Crippen molar-refractivity contribution in [2.75, 3.05) is 26.2 Å². The molecule has 1 N–H and O–H groups in total. The van der Waals surface area contributed by atoms with Crippen molar-refractivity contribution in [2.45, 2.75) is 84.0 Å². The van der Waals surface area contributed by atoms with E-state index in [0.29, 0.717) is 4.90 Å². The Bertz CT molecular complexity index is 694. The normalized spacial score (nSPS) is 12.4. The van der Waals surface area contributed by atoms with Crippen molar-refractivity contribution in [1.82, 2.24) is 0 Å². The summed E-state index contributed by atoms with van der Waals surface area (Å²) in [5.41, 5.74) is 0. The molecule has 0 radical (unpaired) electrons. The van der Waals surface area contributed by atoms with Crippen LogP contribution in [-0.4, -0.2) is 39.4 Å². The maximum Gasteiger partial charge on any atom is 0.186 e. The van der Waals surface area contributed by atoms with E-state index in [1.807, 2.05) is 30.3 Å². The van der Waals surface area contributed by atoms with Crippen LogP contribution >= 0.6 is 0 Å². The van der Waals surface area contributed by atoms with Gasteiger partial charge < -0.3 is 9.04 Å². The van der Waals surface area contributed by atoms with Crippen LogP contribution in [0.15, 0.2) is 47.4 Å². The Labute approximate surface area is 187 Å². The molecule has 2 aromatic rings. The number of rotatable bonds is 13. The quantitative estimate of drug-likeness (QED) is 0.263. The Morgan fingerprint density at radius 2 is 1.13 bits per heavy atom. The molecule has 0 saturated carbocycles. The smallest absolute Gasteiger partial charge is 0.186 e. The van der Waals surface area contributed by atoms with Gasteiger partial charge in [0.05, 0.1) is 31.1 Å². The van der Waals surface area contributed by atoms with E-state index in [4.69, 9.17) is 4.55 Å². The highest BCUT2D eigenvalue weighted by Gasteiger charge is 2.24. The van der Waals surface area contributed by atoms with Crippen molar-refractivity contribution >= 4 is 21.9 Å². The van der Waals surface area contributed by atoms with Gasteiger partial charge in [0, 0.05) is 0 Å². The minimum Gasteiger partial charge on any atom is -0.324 e. The van der Waals surface area contributed by atoms with E-state index in [1.54, 1.807) is 12.1 Å². The average molecular weight is 435 g/mol. The van der Waals surface area contributed by atoms with Crippen LogP contribution in [0, 0.1) is 0 Å². The Morgan fingerprint density at radius 1 is 0.700 bits per heavy atom. The van der Waals surface area contributed by atoms with Crippen molar-refractivity contribution in [3.8, 4) is 0 Å².